The van der Waals surface area contributed by atoms with E-state index in [0.717, 1.165) is 15.5 Å². The number of nitrogens with zero attached hydrogens (tertiary/aromatic N) is 2. The van der Waals surface area contributed by atoms with Gasteiger partial charge in [0.2, 0.25) is 0 Å². The van der Waals surface area contributed by atoms with Gasteiger partial charge >= 0.3 is 0 Å². The van der Waals surface area contributed by atoms with Gasteiger partial charge in [0, 0.05) is 13.1 Å². The van der Waals surface area contributed by atoms with Gasteiger partial charge in [0.25, 0.3) is 11.8 Å². The Hall–Kier alpha value is -1.71. The smallest absolute Gasteiger partial charge is 0.268 e. The number of aromatic hydroxyl groups is 1. The number of hydrogen-bond donors (Lipinski definition) is 2. The Morgan fingerprint density at radius 1 is 1.20 bits per heavy atom. The predicted octanol–water partition coefficient (Wildman–Crippen LogP) is 2.84. The summed E-state index contributed by atoms with van der Waals surface area (Å²) in [6.45, 7) is 4.44. The fourth-order valence-electron chi connectivity index (χ4n) is 2.75. The van der Waals surface area contributed by atoms with Gasteiger partial charge in [-0.05, 0) is 44.5 Å². The van der Waals surface area contributed by atoms with Gasteiger partial charge in [-0.3, -0.25) is 19.4 Å². The Bertz CT molecular complexity index is 794. The lowest BCUT2D eigenvalue weighted by Gasteiger charge is -2.35. The number of rotatable bonds is 3. The van der Waals surface area contributed by atoms with Crippen LogP contribution in [0.3, 0.4) is 0 Å². The van der Waals surface area contributed by atoms with Crippen molar-refractivity contribution in [2.75, 3.05) is 24.7 Å². The zero-order chi connectivity index (χ0) is 18.3. The van der Waals surface area contributed by atoms with Crippen LogP contribution < -0.4 is 5.32 Å². The number of carbonyl (C=O) groups is 2. The van der Waals surface area contributed by atoms with Gasteiger partial charge < -0.3 is 10.4 Å². The second-order valence-corrected chi connectivity index (χ2v) is 7.51. The molecule has 132 valence electrons. The maximum absolute atomic E-state index is 12.8. The molecule has 0 bridgehead atoms. The molecule has 9 heteroatoms. The third-order valence-corrected chi connectivity index (χ3v) is 6.52. The summed E-state index contributed by atoms with van der Waals surface area (Å²) in [7, 11) is 0. The van der Waals surface area contributed by atoms with Gasteiger partial charge in [-0.25, -0.2) is 0 Å². The summed E-state index contributed by atoms with van der Waals surface area (Å²) in [4.78, 5) is 30.0. The lowest BCUT2D eigenvalue weighted by atomic mass is 10.1. The van der Waals surface area contributed by atoms with Crippen LogP contribution in [0.5, 0.6) is 5.75 Å². The molecule has 0 saturated carbocycles. The molecule has 25 heavy (non-hydrogen) atoms. The topological polar surface area (TPSA) is 72.9 Å². The Labute approximate surface area is 159 Å². The Morgan fingerprint density at radius 3 is 2.32 bits per heavy atom. The molecule has 2 N–H and O–H groups in total. The average Bonchev–Trinajstić information content (AvgIpc) is 2.99. The minimum absolute atomic E-state index is 0.0880. The molecule has 0 aliphatic carbocycles. The first-order valence-corrected chi connectivity index (χ1v) is 10.2. The SMILES string of the molecule is CCN1C(=O)C(=C2Nc3ccc(O)c(SC)c3S2)C(=O)N(CC)C1=S. The second-order valence-electron chi connectivity index (χ2n) is 5.31. The van der Waals surface area contributed by atoms with Crippen molar-refractivity contribution in [2.24, 2.45) is 0 Å². The largest absolute Gasteiger partial charge is 0.507 e. The minimum Gasteiger partial charge on any atom is -0.507 e. The highest BCUT2D eigenvalue weighted by Gasteiger charge is 2.41. The van der Waals surface area contributed by atoms with Gasteiger partial charge in [0.1, 0.15) is 11.3 Å². The summed E-state index contributed by atoms with van der Waals surface area (Å²) in [6, 6.07) is 3.34. The van der Waals surface area contributed by atoms with Crippen LogP contribution in [-0.2, 0) is 9.59 Å². The molecule has 2 aliphatic rings. The Morgan fingerprint density at radius 2 is 1.80 bits per heavy atom. The van der Waals surface area contributed by atoms with Crippen LogP contribution in [0, 0.1) is 0 Å². The number of phenolic OH excluding ortho intramolecular Hbond substituents is 1. The molecule has 1 aromatic rings. The summed E-state index contributed by atoms with van der Waals surface area (Å²) in [5, 5.41) is 13.9. The highest BCUT2D eigenvalue weighted by Crippen LogP contribution is 2.50. The van der Waals surface area contributed by atoms with Crippen LogP contribution >= 0.6 is 35.7 Å². The number of fused-ring (bicyclic) bond motifs is 1. The van der Waals surface area contributed by atoms with Gasteiger partial charge in [-0.15, -0.1) is 11.8 Å². The first-order chi connectivity index (χ1) is 11.9. The maximum atomic E-state index is 12.8. The monoisotopic (exact) mass is 395 g/mol. The van der Waals surface area contributed by atoms with Crippen molar-refractivity contribution in [1.82, 2.24) is 9.80 Å². The van der Waals surface area contributed by atoms with Crippen molar-refractivity contribution in [1.29, 1.82) is 0 Å². The molecule has 2 amide bonds. The first-order valence-electron chi connectivity index (χ1n) is 7.71. The van der Waals surface area contributed by atoms with E-state index in [0.29, 0.717) is 18.1 Å². The molecule has 1 fully saturated rings. The van der Waals surface area contributed by atoms with Gasteiger partial charge in [-0.2, -0.15) is 0 Å². The summed E-state index contributed by atoms with van der Waals surface area (Å²) < 4.78 is 0. The van der Waals surface area contributed by atoms with Crippen molar-refractivity contribution in [3.8, 4) is 5.75 Å². The summed E-state index contributed by atoms with van der Waals surface area (Å²) >= 11 is 7.99. The van der Waals surface area contributed by atoms with Crippen LogP contribution in [0.4, 0.5) is 5.69 Å². The first kappa shape index (κ1) is 18.1. The van der Waals surface area contributed by atoms with Crippen molar-refractivity contribution >= 4 is 58.4 Å². The standard InChI is InChI=1S/C16H17N3O3S3/c1-4-18-14(21)10(15(22)19(5-2)16(18)23)13-17-8-6-7-9(20)12(24-3)11(8)25-13/h6-7,17,20H,4-5H2,1-3H3. The molecule has 0 radical (unpaired) electrons. The Balaban J connectivity index is 2.09. The van der Waals surface area contributed by atoms with Crippen LogP contribution in [0.25, 0.3) is 0 Å². The quantitative estimate of drug-likeness (QED) is 0.268. The van der Waals surface area contributed by atoms with E-state index in [2.05, 4.69) is 5.32 Å². The van der Waals surface area contributed by atoms with E-state index in [1.165, 1.54) is 33.3 Å². The van der Waals surface area contributed by atoms with E-state index in [4.69, 9.17) is 12.2 Å². The predicted molar refractivity (Wildman–Crippen MR) is 104 cm³/mol. The normalized spacial score (nSPS) is 17.3. The molecular formula is C16H17N3O3S3. The fourth-order valence-corrected chi connectivity index (χ4v) is 5.19. The van der Waals surface area contributed by atoms with Crippen molar-refractivity contribution in [3.05, 3.63) is 22.7 Å². The molecule has 0 unspecified atom stereocenters. The van der Waals surface area contributed by atoms with E-state index in [9.17, 15) is 14.7 Å². The lowest BCUT2D eigenvalue weighted by molar-refractivity contribution is -0.133. The molecule has 0 spiro atoms. The number of thiocarbonyl (C=S) groups is 1. The van der Waals surface area contributed by atoms with E-state index >= 15 is 0 Å². The minimum atomic E-state index is -0.389. The van der Waals surface area contributed by atoms with Crippen LogP contribution in [0.15, 0.2) is 32.5 Å². The molecule has 0 atom stereocenters. The number of thioether (sulfide) groups is 2. The van der Waals surface area contributed by atoms with Crippen molar-refractivity contribution < 1.29 is 14.7 Å². The summed E-state index contributed by atoms with van der Waals surface area (Å²) in [6.07, 6.45) is 1.87. The number of nitrogens with one attached hydrogen (secondary N) is 1. The zero-order valence-corrected chi connectivity index (χ0v) is 16.4. The van der Waals surface area contributed by atoms with E-state index in [1.54, 1.807) is 12.1 Å². The van der Waals surface area contributed by atoms with Gasteiger partial charge in [0.05, 0.1) is 20.5 Å². The summed E-state index contributed by atoms with van der Waals surface area (Å²) in [5.74, 6) is -0.598. The molecule has 3 rings (SSSR count). The average molecular weight is 396 g/mol. The zero-order valence-electron chi connectivity index (χ0n) is 14.0. The molecule has 1 aromatic carbocycles. The van der Waals surface area contributed by atoms with E-state index in [-0.39, 0.29) is 28.2 Å². The number of phenols is 1. The number of likely N-dealkylation sites (N-methyl/N-ethyl adjacent to an activating group) is 2. The number of carbonyl (C=O) groups excluding carboxylic acids is 2. The van der Waals surface area contributed by atoms with Crippen LogP contribution in [0.1, 0.15) is 13.8 Å². The molecule has 2 heterocycles. The second kappa shape index (κ2) is 6.89. The molecule has 0 aromatic heterocycles. The van der Waals surface area contributed by atoms with Gasteiger partial charge in [-0.1, -0.05) is 11.8 Å². The van der Waals surface area contributed by atoms with Crippen molar-refractivity contribution in [3.63, 3.8) is 0 Å². The molecule has 1 saturated heterocycles. The number of amides is 2. The third kappa shape index (κ3) is 2.80. The number of anilines is 1. The van der Waals surface area contributed by atoms with E-state index in [1.807, 2.05) is 20.1 Å². The number of benzene rings is 1. The highest BCUT2D eigenvalue weighted by molar-refractivity contribution is 8.05. The van der Waals surface area contributed by atoms with E-state index < -0.39 is 0 Å². The number of hydrogen-bond acceptors (Lipinski definition) is 7. The lowest BCUT2D eigenvalue weighted by Crippen LogP contribution is -2.56. The molecular weight excluding hydrogens is 378 g/mol. The molecule has 2 aliphatic heterocycles. The highest BCUT2D eigenvalue weighted by atomic mass is 32.2. The molecule has 6 nitrogen and oxygen atoms in total. The third-order valence-electron chi connectivity index (χ3n) is 3.99. The summed E-state index contributed by atoms with van der Waals surface area (Å²) in [5.41, 5.74) is 0.861. The Kier molecular flexibility index (Phi) is 4.99. The van der Waals surface area contributed by atoms with Gasteiger partial charge in [0.15, 0.2) is 5.11 Å². The maximum Gasteiger partial charge on any atom is 0.268 e. The van der Waals surface area contributed by atoms with Crippen LogP contribution in [-0.4, -0.2) is 51.2 Å². The van der Waals surface area contributed by atoms with Crippen molar-refractivity contribution in [2.45, 2.75) is 23.6 Å². The fraction of sp³-hybridized carbons (Fsp3) is 0.312. The van der Waals surface area contributed by atoms with Crippen LogP contribution in [0.2, 0.25) is 0 Å².